The van der Waals surface area contributed by atoms with Crippen LogP contribution in [0, 0.1) is 0 Å². The highest BCUT2D eigenvalue weighted by atomic mass is 16.5. The molecule has 8 nitrogen and oxygen atoms in total. The summed E-state index contributed by atoms with van der Waals surface area (Å²) in [5, 5.41) is 6.61. The number of rotatable bonds is 4. The quantitative estimate of drug-likeness (QED) is 0.665. The highest BCUT2D eigenvalue weighted by Crippen LogP contribution is 2.38. The minimum Gasteiger partial charge on any atom is -0.343 e. The van der Waals surface area contributed by atoms with Crippen molar-refractivity contribution in [3.63, 3.8) is 0 Å². The minimum absolute atomic E-state index is 0.181. The maximum absolute atomic E-state index is 12.1. The summed E-state index contributed by atoms with van der Waals surface area (Å²) in [4.78, 5) is 32.8. The molecule has 0 atom stereocenters. The Hall–Kier alpha value is -2.90. The van der Waals surface area contributed by atoms with Crippen molar-refractivity contribution in [3.05, 3.63) is 46.0 Å². The van der Waals surface area contributed by atoms with Crippen LogP contribution in [0.1, 0.15) is 40.8 Å². The Morgan fingerprint density at radius 3 is 2.95 bits per heavy atom. The SMILES string of the molecule is O=C(NCc1nc(C2CC2)no1)c1ccc2[nH]c(=O)[nH]c2c1. The number of nitrogens with zero attached hydrogens (tertiary/aromatic N) is 2. The number of imidazole rings is 1. The van der Waals surface area contributed by atoms with E-state index in [0.717, 1.165) is 18.7 Å². The Labute approximate surface area is 123 Å². The van der Waals surface area contributed by atoms with E-state index >= 15 is 0 Å². The van der Waals surface area contributed by atoms with E-state index < -0.39 is 0 Å². The molecule has 0 saturated heterocycles. The lowest BCUT2D eigenvalue weighted by Crippen LogP contribution is -2.22. The fourth-order valence-electron chi connectivity index (χ4n) is 2.28. The number of aromatic nitrogens is 4. The molecule has 112 valence electrons. The number of fused-ring (bicyclic) bond motifs is 1. The highest BCUT2D eigenvalue weighted by molar-refractivity contribution is 5.97. The molecule has 4 rings (SSSR count). The topological polar surface area (TPSA) is 117 Å². The zero-order valence-electron chi connectivity index (χ0n) is 11.5. The van der Waals surface area contributed by atoms with Gasteiger partial charge in [-0.15, -0.1) is 0 Å². The maximum atomic E-state index is 12.1. The van der Waals surface area contributed by atoms with Crippen LogP contribution in [0.15, 0.2) is 27.5 Å². The van der Waals surface area contributed by atoms with Gasteiger partial charge in [0.1, 0.15) is 0 Å². The first-order valence-electron chi connectivity index (χ1n) is 7.02. The molecular formula is C14H13N5O3. The summed E-state index contributed by atoms with van der Waals surface area (Å²) in [7, 11) is 0. The summed E-state index contributed by atoms with van der Waals surface area (Å²) in [6.45, 7) is 0.181. The van der Waals surface area contributed by atoms with Gasteiger partial charge in [-0.05, 0) is 31.0 Å². The number of H-pyrrole nitrogens is 2. The van der Waals surface area contributed by atoms with Crippen LogP contribution in [0.25, 0.3) is 11.0 Å². The van der Waals surface area contributed by atoms with Gasteiger partial charge in [0, 0.05) is 11.5 Å². The number of carbonyl (C=O) groups is 1. The third kappa shape index (κ3) is 2.39. The minimum atomic E-state index is -0.300. The third-order valence-corrected chi connectivity index (χ3v) is 3.60. The maximum Gasteiger partial charge on any atom is 0.323 e. The van der Waals surface area contributed by atoms with Crippen molar-refractivity contribution in [1.29, 1.82) is 0 Å². The number of amides is 1. The van der Waals surface area contributed by atoms with Crippen LogP contribution in [0.5, 0.6) is 0 Å². The van der Waals surface area contributed by atoms with Gasteiger partial charge in [-0.25, -0.2) is 4.79 Å². The lowest BCUT2D eigenvalue weighted by molar-refractivity contribution is 0.0946. The van der Waals surface area contributed by atoms with Crippen LogP contribution in [-0.2, 0) is 6.54 Å². The first kappa shape index (κ1) is 12.8. The van der Waals surface area contributed by atoms with E-state index in [2.05, 4.69) is 25.4 Å². The Morgan fingerprint density at radius 2 is 2.14 bits per heavy atom. The molecule has 1 amide bonds. The van der Waals surface area contributed by atoms with Crippen LogP contribution >= 0.6 is 0 Å². The van der Waals surface area contributed by atoms with Crippen molar-refractivity contribution in [2.45, 2.75) is 25.3 Å². The van der Waals surface area contributed by atoms with Gasteiger partial charge in [0.15, 0.2) is 5.82 Å². The molecular weight excluding hydrogens is 286 g/mol. The number of aromatic amines is 2. The molecule has 3 N–H and O–H groups in total. The third-order valence-electron chi connectivity index (χ3n) is 3.60. The van der Waals surface area contributed by atoms with Crippen molar-refractivity contribution in [3.8, 4) is 0 Å². The molecule has 0 radical (unpaired) electrons. The van der Waals surface area contributed by atoms with Crippen molar-refractivity contribution < 1.29 is 9.32 Å². The van der Waals surface area contributed by atoms with Crippen LogP contribution in [0.4, 0.5) is 0 Å². The number of benzene rings is 1. The molecule has 0 bridgehead atoms. The number of nitrogens with one attached hydrogen (secondary N) is 3. The average Bonchev–Trinajstić information content (AvgIpc) is 3.13. The molecule has 8 heteroatoms. The zero-order valence-corrected chi connectivity index (χ0v) is 11.5. The molecule has 1 aliphatic rings. The van der Waals surface area contributed by atoms with Crippen molar-refractivity contribution in [2.75, 3.05) is 0 Å². The fraction of sp³-hybridized carbons (Fsp3) is 0.286. The van der Waals surface area contributed by atoms with Crippen molar-refractivity contribution in [2.24, 2.45) is 0 Å². The predicted molar refractivity (Wildman–Crippen MR) is 76.4 cm³/mol. The molecule has 2 heterocycles. The highest BCUT2D eigenvalue weighted by Gasteiger charge is 2.28. The Kier molecular flexibility index (Phi) is 2.81. The van der Waals surface area contributed by atoms with Gasteiger partial charge in [0.25, 0.3) is 5.91 Å². The van der Waals surface area contributed by atoms with Gasteiger partial charge < -0.3 is 19.8 Å². The monoisotopic (exact) mass is 299 g/mol. The van der Waals surface area contributed by atoms with Crippen LogP contribution in [0.3, 0.4) is 0 Å². The van der Waals surface area contributed by atoms with Gasteiger partial charge in [0.2, 0.25) is 5.89 Å². The van der Waals surface area contributed by atoms with E-state index in [1.807, 2.05) is 0 Å². The predicted octanol–water partition coefficient (Wildman–Crippen LogP) is 1.05. The summed E-state index contributed by atoms with van der Waals surface area (Å²) in [5.74, 6) is 1.26. The Balaban J connectivity index is 1.46. The molecule has 1 fully saturated rings. The molecule has 1 aromatic carbocycles. The fourth-order valence-corrected chi connectivity index (χ4v) is 2.28. The van der Waals surface area contributed by atoms with Gasteiger partial charge >= 0.3 is 5.69 Å². The largest absolute Gasteiger partial charge is 0.343 e. The second-order valence-corrected chi connectivity index (χ2v) is 5.34. The lowest BCUT2D eigenvalue weighted by atomic mass is 10.2. The second kappa shape index (κ2) is 4.83. The average molecular weight is 299 g/mol. The first-order valence-corrected chi connectivity index (χ1v) is 7.02. The summed E-state index contributed by atoms with van der Waals surface area (Å²) in [6, 6.07) is 4.94. The normalized spacial score (nSPS) is 14.4. The number of hydrogen-bond donors (Lipinski definition) is 3. The molecule has 0 aliphatic heterocycles. The molecule has 0 spiro atoms. The molecule has 0 unspecified atom stereocenters. The molecule has 22 heavy (non-hydrogen) atoms. The molecule has 2 aromatic heterocycles. The molecule has 3 aromatic rings. The van der Waals surface area contributed by atoms with E-state index in [0.29, 0.717) is 28.4 Å². The molecule has 1 saturated carbocycles. The van der Waals surface area contributed by atoms with E-state index in [1.54, 1.807) is 18.2 Å². The standard InChI is InChI=1S/C14H13N5O3/c20-13(8-3-4-9-10(5-8)17-14(21)16-9)15-6-11-18-12(19-22-11)7-1-2-7/h3-5,7H,1-2,6H2,(H,15,20)(H2,16,17,21). The smallest absolute Gasteiger partial charge is 0.323 e. The summed E-state index contributed by atoms with van der Waals surface area (Å²) in [6.07, 6.45) is 2.19. The van der Waals surface area contributed by atoms with Crippen molar-refractivity contribution >= 4 is 16.9 Å². The summed E-state index contributed by atoms with van der Waals surface area (Å²) in [5.41, 5.74) is 1.40. The van der Waals surface area contributed by atoms with E-state index in [-0.39, 0.29) is 18.1 Å². The van der Waals surface area contributed by atoms with E-state index in [4.69, 9.17) is 4.52 Å². The van der Waals surface area contributed by atoms with Gasteiger partial charge in [-0.2, -0.15) is 4.98 Å². The Bertz CT molecular complexity index is 902. The first-order chi connectivity index (χ1) is 10.7. The van der Waals surface area contributed by atoms with E-state index in [1.165, 1.54) is 0 Å². The lowest BCUT2D eigenvalue weighted by Gasteiger charge is -2.02. The number of carbonyl (C=O) groups excluding carboxylic acids is 1. The molecule has 1 aliphatic carbocycles. The van der Waals surface area contributed by atoms with Gasteiger partial charge in [-0.3, -0.25) is 4.79 Å². The van der Waals surface area contributed by atoms with Crippen LogP contribution in [-0.4, -0.2) is 26.0 Å². The van der Waals surface area contributed by atoms with E-state index in [9.17, 15) is 9.59 Å². The van der Waals surface area contributed by atoms with Crippen LogP contribution in [0.2, 0.25) is 0 Å². The van der Waals surface area contributed by atoms with Crippen LogP contribution < -0.4 is 11.0 Å². The Morgan fingerprint density at radius 1 is 1.32 bits per heavy atom. The van der Waals surface area contributed by atoms with Crippen molar-refractivity contribution in [1.82, 2.24) is 25.4 Å². The second-order valence-electron chi connectivity index (χ2n) is 5.34. The summed E-state index contributed by atoms with van der Waals surface area (Å²) >= 11 is 0. The number of hydrogen-bond acceptors (Lipinski definition) is 5. The summed E-state index contributed by atoms with van der Waals surface area (Å²) < 4.78 is 5.10. The van der Waals surface area contributed by atoms with Gasteiger partial charge in [-0.1, -0.05) is 5.16 Å². The van der Waals surface area contributed by atoms with Gasteiger partial charge in [0.05, 0.1) is 17.6 Å². The zero-order chi connectivity index (χ0) is 15.1.